The van der Waals surface area contributed by atoms with Crippen LogP contribution in [0.5, 0.6) is 0 Å². The number of rotatable bonds is 6. The average molecular weight is 220 g/mol. The van der Waals surface area contributed by atoms with Gasteiger partial charge in [-0.1, -0.05) is 12.2 Å². The Hall–Kier alpha value is -0.390. The molecule has 0 aromatic heterocycles. The highest BCUT2D eigenvalue weighted by molar-refractivity contribution is 7.89. The molecule has 0 aliphatic carbocycles. The molecule has 0 heterocycles. The van der Waals surface area contributed by atoms with Gasteiger partial charge in [-0.15, -0.1) is 0 Å². The Balaban J connectivity index is 4.52. The van der Waals surface area contributed by atoms with Crippen LogP contribution in [0.2, 0.25) is 0 Å². The maximum absolute atomic E-state index is 11.8. The SMILES string of the molecule is C=C(C)CN(C)S(=O)(=O)C(C)CNC. The molecule has 0 amide bonds. The first-order chi connectivity index (χ1) is 6.32. The zero-order valence-electron chi connectivity index (χ0n) is 9.37. The summed E-state index contributed by atoms with van der Waals surface area (Å²) in [5.74, 6) is 0. The molecule has 84 valence electrons. The van der Waals surface area contributed by atoms with E-state index >= 15 is 0 Å². The molecule has 0 aliphatic rings. The van der Waals surface area contributed by atoms with Gasteiger partial charge < -0.3 is 5.32 Å². The summed E-state index contributed by atoms with van der Waals surface area (Å²) in [6, 6.07) is 0. The van der Waals surface area contributed by atoms with E-state index in [1.165, 1.54) is 4.31 Å². The van der Waals surface area contributed by atoms with Gasteiger partial charge in [-0.05, 0) is 20.9 Å². The van der Waals surface area contributed by atoms with E-state index in [4.69, 9.17) is 0 Å². The second-order valence-electron chi connectivity index (χ2n) is 3.63. The molecule has 1 unspecified atom stereocenters. The molecule has 0 spiro atoms. The van der Waals surface area contributed by atoms with Gasteiger partial charge in [0.25, 0.3) is 0 Å². The lowest BCUT2D eigenvalue weighted by Gasteiger charge is -2.21. The van der Waals surface area contributed by atoms with Crippen molar-refractivity contribution >= 4 is 10.0 Å². The number of hydrogen-bond acceptors (Lipinski definition) is 3. The molecular formula is C9H20N2O2S. The fourth-order valence-electron chi connectivity index (χ4n) is 1.17. The van der Waals surface area contributed by atoms with Crippen LogP contribution in [0.15, 0.2) is 12.2 Å². The zero-order chi connectivity index (χ0) is 11.4. The highest BCUT2D eigenvalue weighted by atomic mass is 32.2. The van der Waals surface area contributed by atoms with Gasteiger partial charge in [0.2, 0.25) is 10.0 Å². The van der Waals surface area contributed by atoms with Gasteiger partial charge in [0, 0.05) is 20.1 Å². The van der Waals surface area contributed by atoms with Crippen molar-refractivity contribution < 1.29 is 8.42 Å². The van der Waals surface area contributed by atoms with Crippen molar-refractivity contribution in [3.63, 3.8) is 0 Å². The summed E-state index contributed by atoms with van der Waals surface area (Å²) in [5.41, 5.74) is 0.840. The Morgan fingerprint density at radius 3 is 2.43 bits per heavy atom. The molecule has 1 N–H and O–H groups in total. The van der Waals surface area contributed by atoms with Crippen LogP contribution in [-0.2, 0) is 10.0 Å². The van der Waals surface area contributed by atoms with Crippen molar-refractivity contribution in [2.75, 3.05) is 27.2 Å². The third-order valence-electron chi connectivity index (χ3n) is 1.93. The largest absolute Gasteiger partial charge is 0.318 e. The predicted octanol–water partition coefficient (Wildman–Crippen LogP) is 0.432. The third-order valence-corrected chi connectivity index (χ3v) is 4.11. The van der Waals surface area contributed by atoms with Crippen LogP contribution in [0.1, 0.15) is 13.8 Å². The van der Waals surface area contributed by atoms with Gasteiger partial charge >= 0.3 is 0 Å². The molecule has 0 aromatic rings. The molecule has 14 heavy (non-hydrogen) atoms. The molecule has 0 saturated carbocycles. The minimum Gasteiger partial charge on any atom is -0.318 e. The van der Waals surface area contributed by atoms with E-state index in [1.807, 2.05) is 6.92 Å². The lowest BCUT2D eigenvalue weighted by atomic mass is 10.4. The highest BCUT2D eigenvalue weighted by Gasteiger charge is 2.24. The predicted molar refractivity (Wildman–Crippen MR) is 59.8 cm³/mol. The van der Waals surface area contributed by atoms with Gasteiger partial charge in [-0.2, -0.15) is 0 Å². The fraction of sp³-hybridized carbons (Fsp3) is 0.778. The second kappa shape index (κ2) is 5.48. The standard InChI is InChI=1S/C9H20N2O2S/c1-8(2)7-11(5)14(12,13)9(3)6-10-4/h9-10H,1,6-7H2,2-5H3. The maximum atomic E-state index is 11.8. The third kappa shape index (κ3) is 3.77. The summed E-state index contributed by atoms with van der Waals surface area (Å²) in [4.78, 5) is 0. The van der Waals surface area contributed by atoms with Crippen molar-refractivity contribution in [2.24, 2.45) is 0 Å². The molecule has 0 radical (unpaired) electrons. The lowest BCUT2D eigenvalue weighted by Crippen LogP contribution is -2.39. The fourth-order valence-corrected chi connectivity index (χ4v) is 2.56. The first-order valence-electron chi connectivity index (χ1n) is 4.56. The van der Waals surface area contributed by atoms with E-state index < -0.39 is 15.3 Å². The quantitative estimate of drug-likeness (QED) is 0.661. The first-order valence-corrected chi connectivity index (χ1v) is 6.06. The summed E-state index contributed by atoms with van der Waals surface area (Å²) in [5, 5.41) is 2.45. The molecule has 0 rings (SSSR count). The molecular weight excluding hydrogens is 200 g/mol. The lowest BCUT2D eigenvalue weighted by molar-refractivity contribution is 0.479. The Bertz CT molecular complexity index is 285. The van der Waals surface area contributed by atoms with Gasteiger partial charge in [0.1, 0.15) is 0 Å². The zero-order valence-corrected chi connectivity index (χ0v) is 10.2. The van der Waals surface area contributed by atoms with Crippen molar-refractivity contribution in [1.82, 2.24) is 9.62 Å². The van der Waals surface area contributed by atoms with Crippen LogP contribution in [0, 0.1) is 0 Å². The minimum atomic E-state index is -3.19. The van der Waals surface area contributed by atoms with Gasteiger partial charge in [-0.25, -0.2) is 12.7 Å². The number of likely N-dealkylation sites (N-methyl/N-ethyl adjacent to an activating group) is 1. The van der Waals surface area contributed by atoms with Crippen LogP contribution in [0.25, 0.3) is 0 Å². The summed E-state index contributed by atoms with van der Waals surface area (Å²) in [6.07, 6.45) is 0. The van der Waals surface area contributed by atoms with Gasteiger partial charge in [0.15, 0.2) is 0 Å². The summed E-state index contributed by atoms with van der Waals surface area (Å²) >= 11 is 0. The molecule has 0 bridgehead atoms. The van der Waals surface area contributed by atoms with Gasteiger partial charge in [0.05, 0.1) is 5.25 Å². The van der Waals surface area contributed by atoms with E-state index in [2.05, 4.69) is 11.9 Å². The molecule has 5 heteroatoms. The van der Waals surface area contributed by atoms with Crippen molar-refractivity contribution in [3.05, 3.63) is 12.2 Å². The Labute approximate surface area is 87.0 Å². The number of sulfonamides is 1. The molecule has 0 saturated heterocycles. The Morgan fingerprint density at radius 1 is 1.57 bits per heavy atom. The van der Waals surface area contributed by atoms with Crippen molar-refractivity contribution in [3.8, 4) is 0 Å². The molecule has 4 nitrogen and oxygen atoms in total. The highest BCUT2D eigenvalue weighted by Crippen LogP contribution is 2.07. The van der Waals surface area contributed by atoms with Crippen LogP contribution >= 0.6 is 0 Å². The number of hydrogen-bond donors (Lipinski definition) is 1. The second-order valence-corrected chi connectivity index (χ2v) is 6.08. The monoisotopic (exact) mass is 220 g/mol. The van der Waals surface area contributed by atoms with Crippen molar-refractivity contribution in [2.45, 2.75) is 19.1 Å². The maximum Gasteiger partial charge on any atom is 0.218 e. The van der Waals surface area contributed by atoms with E-state index in [0.717, 1.165) is 5.57 Å². The van der Waals surface area contributed by atoms with E-state index in [0.29, 0.717) is 13.1 Å². The molecule has 1 atom stereocenters. The number of nitrogens with zero attached hydrogens (tertiary/aromatic N) is 1. The first kappa shape index (κ1) is 13.6. The summed E-state index contributed by atoms with van der Waals surface area (Å²) in [7, 11) is 0.134. The minimum absolute atomic E-state index is 0.385. The van der Waals surface area contributed by atoms with Crippen LogP contribution < -0.4 is 5.32 Å². The van der Waals surface area contributed by atoms with Gasteiger partial charge in [-0.3, -0.25) is 0 Å². The molecule has 0 aliphatic heterocycles. The van der Waals surface area contributed by atoms with Crippen LogP contribution in [0.3, 0.4) is 0 Å². The van der Waals surface area contributed by atoms with E-state index in [9.17, 15) is 8.42 Å². The smallest absolute Gasteiger partial charge is 0.218 e. The van der Waals surface area contributed by atoms with E-state index in [-0.39, 0.29) is 0 Å². The number of nitrogens with one attached hydrogen (secondary N) is 1. The van der Waals surface area contributed by atoms with E-state index in [1.54, 1.807) is 21.0 Å². The average Bonchev–Trinajstić information content (AvgIpc) is 2.03. The Morgan fingerprint density at radius 2 is 2.07 bits per heavy atom. The Kier molecular flexibility index (Phi) is 5.33. The normalized spacial score (nSPS) is 14.4. The van der Waals surface area contributed by atoms with Crippen molar-refractivity contribution in [1.29, 1.82) is 0 Å². The molecule has 0 aromatic carbocycles. The van der Waals surface area contributed by atoms with Crippen LogP contribution in [-0.4, -0.2) is 45.2 Å². The molecule has 0 fully saturated rings. The summed E-state index contributed by atoms with van der Waals surface area (Å²) in [6.45, 7) is 8.05. The summed E-state index contributed by atoms with van der Waals surface area (Å²) < 4.78 is 24.9. The topological polar surface area (TPSA) is 49.4 Å². The van der Waals surface area contributed by atoms with Crippen LogP contribution in [0.4, 0.5) is 0 Å².